The summed E-state index contributed by atoms with van der Waals surface area (Å²) in [7, 11) is 0. The normalized spacial score (nSPS) is 9.58. The number of rotatable bonds is 2. The van der Waals surface area contributed by atoms with Gasteiger partial charge in [-0.3, -0.25) is 10.1 Å². The Morgan fingerprint density at radius 3 is 3.00 bits per heavy atom. The summed E-state index contributed by atoms with van der Waals surface area (Å²) in [6.07, 6.45) is 3.20. The van der Waals surface area contributed by atoms with E-state index in [1.807, 2.05) is 6.92 Å². The van der Waals surface area contributed by atoms with Crippen LogP contribution in [0.3, 0.4) is 0 Å². The van der Waals surface area contributed by atoms with Crippen molar-refractivity contribution in [3.8, 4) is 11.8 Å². The molecule has 0 bridgehead atoms. The minimum Gasteiger partial charge on any atom is -0.384 e. The van der Waals surface area contributed by atoms with Crippen LogP contribution in [0.15, 0.2) is 30.6 Å². The van der Waals surface area contributed by atoms with Crippen molar-refractivity contribution in [1.82, 2.24) is 9.97 Å². The molecule has 5 heteroatoms. The lowest BCUT2D eigenvalue weighted by atomic mass is 10.1. The molecule has 2 aromatic rings. The first-order chi connectivity index (χ1) is 9.20. The van der Waals surface area contributed by atoms with Crippen LogP contribution in [-0.4, -0.2) is 27.6 Å². The van der Waals surface area contributed by atoms with Gasteiger partial charge in [-0.1, -0.05) is 11.8 Å². The van der Waals surface area contributed by atoms with Crippen LogP contribution < -0.4 is 5.32 Å². The number of hydrogen-bond donors (Lipinski definition) is 3. The average Bonchev–Trinajstić information content (AvgIpc) is 2.90. The van der Waals surface area contributed by atoms with E-state index in [9.17, 15) is 4.79 Å². The molecule has 0 fully saturated rings. The molecular weight excluding hydrogens is 242 g/mol. The maximum absolute atomic E-state index is 11.9. The van der Waals surface area contributed by atoms with E-state index in [0.29, 0.717) is 11.5 Å². The molecule has 1 heterocycles. The second-order valence-electron chi connectivity index (χ2n) is 3.88. The Bertz CT molecular complexity index is 636. The zero-order valence-corrected chi connectivity index (χ0v) is 10.4. The molecule has 1 amide bonds. The van der Waals surface area contributed by atoms with Crippen LogP contribution >= 0.6 is 0 Å². The molecule has 0 aliphatic rings. The van der Waals surface area contributed by atoms with Crippen molar-refractivity contribution in [2.75, 3.05) is 11.9 Å². The lowest BCUT2D eigenvalue weighted by Crippen LogP contribution is -2.13. The fraction of sp³-hybridized carbons (Fsp3) is 0.143. The van der Waals surface area contributed by atoms with E-state index in [1.54, 1.807) is 30.6 Å². The number of anilines is 1. The van der Waals surface area contributed by atoms with E-state index in [-0.39, 0.29) is 12.5 Å². The van der Waals surface area contributed by atoms with Gasteiger partial charge in [0.05, 0.1) is 0 Å². The summed E-state index contributed by atoms with van der Waals surface area (Å²) in [5, 5.41) is 11.3. The molecule has 5 nitrogen and oxygen atoms in total. The zero-order valence-electron chi connectivity index (χ0n) is 10.4. The number of nitrogens with zero attached hydrogens (tertiary/aromatic N) is 1. The van der Waals surface area contributed by atoms with Gasteiger partial charge in [0.15, 0.2) is 0 Å². The van der Waals surface area contributed by atoms with Crippen LogP contribution in [0.2, 0.25) is 0 Å². The highest BCUT2D eigenvalue weighted by molar-refractivity contribution is 6.03. The number of hydrogen-bond acceptors (Lipinski definition) is 3. The third-order valence-electron chi connectivity index (χ3n) is 2.52. The SMILES string of the molecule is Cc1cc(C(=O)Nc2ncc[nH]2)ccc1C#CCO. The summed E-state index contributed by atoms with van der Waals surface area (Å²) in [6.45, 7) is 1.69. The van der Waals surface area contributed by atoms with E-state index in [2.05, 4.69) is 27.1 Å². The van der Waals surface area contributed by atoms with Gasteiger partial charge in [-0.05, 0) is 30.7 Å². The summed E-state index contributed by atoms with van der Waals surface area (Å²) in [5.41, 5.74) is 2.21. The summed E-state index contributed by atoms with van der Waals surface area (Å²) < 4.78 is 0. The standard InChI is InChI=1S/C14H13N3O2/c1-10-9-12(5-4-11(10)3-2-8-18)13(19)17-14-15-6-7-16-14/h4-7,9,18H,8H2,1H3,(H2,15,16,17,19). The Balaban J connectivity index is 2.17. The smallest absolute Gasteiger partial charge is 0.257 e. The van der Waals surface area contributed by atoms with Crippen molar-refractivity contribution in [2.24, 2.45) is 0 Å². The van der Waals surface area contributed by atoms with Gasteiger partial charge in [0.2, 0.25) is 5.95 Å². The molecule has 1 aromatic heterocycles. The van der Waals surface area contributed by atoms with Gasteiger partial charge in [-0.2, -0.15) is 0 Å². The first kappa shape index (κ1) is 12.9. The molecule has 0 aliphatic heterocycles. The number of aromatic amines is 1. The van der Waals surface area contributed by atoms with E-state index in [1.165, 1.54) is 0 Å². The number of nitrogens with one attached hydrogen (secondary N) is 2. The highest BCUT2D eigenvalue weighted by atomic mass is 16.2. The van der Waals surface area contributed by atoms with Gasteiger partial charge in [0, 0.05) is 23.5 Å². The van der Waals surface area contributed by atoms with Crippen LogP contribution in [0.5, 0.6) is 0 Å². The molecule has 0 spiro atoms. The van der Waals surface area contributed by atoms with E-state index in [4.69, 9.17) is 5.11 Å². The molecule has 19 heavy (non-hydrogen) atoms. The maximum atomic E-state index is 11.9. The molecule has 0 saturated carbocycles. The number of aryl methyl sites for hydroxylation is 1. The van der Waals surface area contributed by atoms with Crippen molar-refractivity contribution in [1.29, 1.82) is 0 Å². The van der Waals surface area contributed by atoms with Crippen molar-refractivity contribution < 1.29 is 9.90 Å². The van der Waals surface area contributed by atoms with Gasteiger partial charge in [-0.15, -0.1) is 0 Å². The molecule has 96 valence electrons. The molecule has 0 radical (unpaired) electrons. The molecule has 3 N–H and O–H groups in total. The number of aromatic nitrogens is 2. The van der Waals surface area contributed by atoms with E-state index >= 15 is 0 Å². The summed E-state index contributed by atoms with van der Waals surface area (Å²) in [6, 6.07) is 5.20. The lowest BCUT2D eigenvalue weighted by molar-refractivity contribution is 0.102. The largest absolute Gasteiger partial charge is 0.384 e. The van der Waals surface area contributed by atoms with Gasteiger partial charge in [0.1, 0.15) is 6.61 Å². The monoisotopic (exact) mass is 255 g/mol. The van der Waals surface area contributed by atoms with Crippen LogP contribution in [-0.2, 0) is 0 Å². The zero-order chi connectivity index (χ0) is 13.7. The highest BCUT2D eigenvalue weighted by Crippen LogP contribution is 2.11. The molecule has 0 unspecified atom stereocenters. The number of benzene rings is 1. The number of imidazole rings is 1. The predicted molar refractivity (Wildman–Crippen MR) is 71.7 cm³/mol. The van der Waals surface area contributed by atoms with E-state index < -0.39 is 0 Å². The quantitative estimate of drug-likeness (QED) is 0.708. The van der Waals surface area contributed by atoms with E-state index in [0.717, 1.165) is 11.1 Å². The number of amides is 1. The Kier molecular flexibility index (Phi) is 3.96. The van der Waals surface area contributed by atoms with Crippen molar-refractivity contribution in [3.05, 3.63) is 47.3 Å². The molecule has 0 saturated heterocycles. The van der Waals surface area contributed by atoms with Crippen LogP contribution in [0.4, 0.5) is 5.95 Å². The average molecular weight is 255 g/mol. The Morgan fingerprint density at radius 2 is 2.37 bits per heavy atom. The van der Waals surface area contributed by atoms with Crippen LogP contribution in [0.25, 0.3) is 0 Å². The van der Waals surface area contributed by atoms with Gasteiger partial charge in [0.25, 0.3) is 5.91 Å². The van der Waals surface area contributed by atoms with Crippen LogP contribution in [0, 0.1) is 18.8 Å². The number of aliphatic hydroxyl groups excluding tert-OH is 1. The predicted octanol–water partition coefficient (Wildman–Crippen LogP) is 1.31. The number of carbonyl (C=O) groups is 1. The highest BCUT2D eigenvalue weighted by Gasteiger charge is 2.08. The first-order valence-electron chi connectivity index (χ1n) is 5.72. The second kappa shape index (κ2) is 5.85. The molecular formula is C14H13N3O2. The Morgan fingerprint density at radius 1 is 1.53 bits per heavy atom. The minimum absolute atomic E-state index is 0.180. The second-order valence-corrected chi connectivity index (χ2v) is 3.88. The number of aliphatic hydroxyl groups is 1. The van der Waals surface area contributed by atoms with Crippen molar-refractivity contribution in [3.63, 3.8) is 0 Å². The van der Waals surface area contributed by atoms with Gasteiger partial charge in [-0.25, -0.2) is 4.98 Å². The first-order valence-corrected chi connectivity index (χ1v) is 5.72. The number of H-pyrrole nitrogens is 1. The third kappa shape index (κ3) is 3.21. The Labute approximate surface area is 110 Å². The van der Waals surface area contributed by atoms with Crippen LogP contribution in [0.1, 0.15) is 21.5 Å². The summed E-state index contributed by atoms with van der Waals surface area (Å²) in [5.74, 6) is 5.58. The molecule has 0 atom stereocenters. The fourth-order valence-corrected chi connectivity index (χ4v) is 1.59. The third-order valence-corrected chi connectivity index (χ3v) is 2.52. The lowest BCUT2D eigenvalue weighted by Gasteiger charge is -2.04. The van der Waals surface area contributed by atoms with Crippen molar-refractivity contribution >= 4 is 11.9 Å². The van der Waals surface area contributed by atoms with Gasteiger partial charge < -0.3 is 10.1 Å². The van der Waals surface area contributed by atoms with Gasteiger partial charge >= 0.3 is 0 Å². The maximum Gasteiger partial charge on any atom is 0.257 e. The van der Waals surface area contributed by atoms with Crippen molar-refractivity contribution in [2.45, 2.75) is 6.92 Å². The molecule has 2 rings (SSSR count). The molecule has 0 aliphatic carbocycles. The fourth-order valence-electron chi connectivity index (χ4n) is 1.59. The minimum atomic E-state index is -0.236. The summed E-state index contributed by atoms with van der Waals surface area (Å²) in [4.78, 5) is 18.7. The Hall–Kier alpha value is -2.58. The number of carbonyl (C=O) groups excluding carboxylic acids is 1. The summed E-state index contributed by atoms with van der Waals surface area (Å²) >= 11 is 0. The molecule has 1 aromatic carbocycles. The topological polar surface area (TPSA) is 78.0 Å².